The van der Waals surface area contributed by atoms with E-state index in [1.165, 1.54) is 11.9 Å². The van der Waals surface area contributed by atoms with Gasteiger partial charge in [0.15, 0.2) is 0 Å². The van der Waals surface area contributed by atoms with Crippen LogP contribution in [0.25, 0.3) is 0 Å². The molecule has 2 aromatic rings. The Balaban J connectivity index is 1.86. The Morgan fingerprint density at radius 2 is 2.04 bits per heavy atom. The lowest BCUT2D eigenvalue weighted by atomic mass is 10.0. The van der Waals surface area contributed by atoms with E-state index in [1.54, 1.807) is 0 Å². The average Bonchev–Trinajstić information content (AvgIpc) is 3.14. The average molecular weight is 312 g/mol. The lowest BCUT2D eigenvalue weighted by Crippen LogP contribution is -2.24. The number of carbonyl (C=O) groups excluding carboxylic acids is 1. The molecule has 0 saturated carbocycles. The van der Waals surface area contributed by atoms with Crippen LogP contribution in [0.15, 0.2) is 45.9 Å². The summed E-state index contributed by atoms with van der Waals surface area (Å²) in [5.41, 5.74) is 1.83. The number of hydrogen-bond donors (Lipinski definition) is 0. The van der Waals surface area contributed by atoms with Crippen LogP contribution in [0.4, 0.5) is 0 Å². The van der Waals surface area contributed by atoms with Crippen LogP contribution >= 0.6 is 0 Å². The van der Waals surface area contributed by atoms with E-state index in [0.717, 1.165) is 28.5 Å². The van der Waals surface area contributed by atoms with Gasteiger partial charge in [0.1, 0.15) is 23.0 Å². The van der Waals surface area contributed by atoms with E-state index in [-0.39, 0.29) is 11.9 Å². The first-order chi connectivity index (χ1) is 11.1. The second-order valence-electron chi connectivity index (χ2n) is 5.54. The van der Waals surface area contributed by atoms with Crippen LogP contribution in [0, 0.1) is 6.92 Å². The molecule has 0 bridgehead atoms. The standard InChI is InChI=1S/C18H20N2O3/c1-4-22-15-8-6-14(7-9-15)17-11-16(19-20(17)13(3)21)18-10-5-12(2)23-18/h5-10,17H,4,11H2,1-3H3. The van der Waals surface area contributed by atoms with Crippen LogP contribution < -0.4 is 4.74 Å². The molecule has 0 N–H and O–H groups in total. The molecule has 0 saturated heterocycles. The van der Waals surface area contributed by atoms with Crippen molar-refractivity contribution in [3.05, 3.63) is 53.5 Å². The van der Waals surface area contributed by atoms with Gasteiger partial charge in [-0.2, -0.15) is 5.10 Å². The largest absolute Gasteiger partial charge is 0.494 e. The monoisotopic (exact) mass is 312 g/mol. The molecule has 1 aromatic heterocycles. The van der Waals surface area contributed by atoms with Crippen molar-refractivity contribution in [2.75, 3.05) is 6.61 Å². The minimum atomic E-state index is -0.108. The number of rotatable bonds is 4. The topological polar surface area (TPSA) is 55.0 Å². The number of benzene rings is 1. The highest BCUT2D eigenvalue weighted by Crippen LogP contribution is 2.33. The molecule has 1 aliphatic heterocycles. The number of hydrazone groups is 1. The molecule has 1 aliphatic rings. The molecule has 5 heteroatoms. The number of carbonyl (C=O) groups is 1. The fourth-order valence-corrected chi connectivity index (χ4v) is 2.75. The van der Waals surface area contributed by atoms with Crippen LogP contribution in [0.3, 0.4) is 0 Å². The van der Waals surface area contributed by atoms with Crippen LogP contribution in [0.5, 0.6) is 5.75 Å². The summed E-state index contributed by atoms with van der Waals surface area (Å²) in [5, 5.41) is 5.99. The Labute approximate surface area is 135 Å². The van der Waals surface area contributed by atoms with Crippen LogP contribution in [0.1, 0.15) is 43.4 Å². The third-order valence-electron chi connectivity index (χ3n) is 3.83. The van der Waals surface area contributed by atoms with E-state index in [4.69, 9.17) is 9.15 Å². The number of ether oxygens (including phenoxy) is 1. The summed E-state index contributed by atoms with van der Waals surface area (Å²) in [6.07, 6.45) is 0.639. The van der Waals surface area contributed by atoms with Gasteiger partial charge in [0, 0.05) is 13.3 Å². The Morgan fingerprint density at radius 3 is 2.61 bits per heavy atom. The van der Waals surface area contributed by atoms with Gasteiger partial charge in [-0.25, -0.2) is 5.01 Å². The number of hydrogen-bond acceptors (Lipinski definition) is 4. The lowest BCUT2D eigenvalue weighted by Gasteiger charge is -2.20. The zero-order valence-corrected chi connectivity index (χ0v) is 13.6. The number of aryl methyl sites for hydroxylation is 1. The fourth-order valence-electron chi connectivity index (χ4n) is 2.75. The Morgan fingerprint density at radius 1 is 1.30 bits per heavy atom. The third kappa shape index (κ3) is 3.13. The molecule has 1 aromatic carbocycles. The summed E-state index contributed by atoms with van der Waals surface area (Å²) < 4.78 is 11.1. The van der Waals surface area contributed by atoms with Gasteiger partial charge in [-0.05, 0) is 43.7 Å². The number of amides is 1. The van der Waals surface area contributed by atoms with Gasteiger partial charge in [0.2, 0.25) is 5.91 Å². The molecule has 1 atom stereocenters. The van der Waals surface area contributed by atoms with Crippen molar-refractivity contribution >= 4 is 11.6 Å². The summed E-state index contributed by atoms with van der Waals surface area (Å²) in [6.45, 7) is 6.01. The molecule has 0 spiro atoms. The fraction of sp³-hybridized carbons (Fsp3) is 0.333. The summed E-state index contributed by atoms with van der Waals surface area (Å²) in [7, 11) is 0. The first kappa shape index (κ1) is 15.3. The molecular formula is C18H20N2O3. The highest BCUT2D eigenvalue weighted by atomic mass is 16.5. The number of nitrogens with zero attached hydrogens (tertiary/aromatic N) is 2. The van der Waals surface area contributed by atoms with Crippen LogP contribution in [-0.2, 0) is 4.79 Å². The quantitative estimate of drug-likeness (QED) is 0.865. The second-order valence-corrected chi connectivity index (χ2v) is 5.54. The molecule has 1 amide bonds. The van der Waals surface area contributed by atoms with Gasteiger partial charge < -0.3 is 9.15 Å². The van der Waals surface area contributed by atoms with Crippen LogP contribution in [-0.4, -0.2) is 23.2 Å². The lowest BCUT2D eigenvalue weighted by molar-refractivity contribution is -0.130. The number of furan rings is 1. The van der Waals surface area contributed by atoms with Crippen molar-refractivity contribution in [2.24, 2.45) is 5.10 Å². The minimum absolute atomic E-state index is 0.0813. The maximum Gasteiger partial charge on any atom is 0.240 e. The van der Waals surface area contributed by atoms with Gasteiger partial charge in [-0.3, -0.25) is 4.79 Å². The van der Waals surface area contributed by atoms with Crippen molar-refractivity contribution in [3.8, 4) is 5.75 Å². The predicted molar refractivity (Wildman–Crippen MR) is 87.5 cm³/mol. The summed E-state index contributed by atoms with van der Waals surface area (Å²) in [4.78, 5) is 11.9. The van der Waals surface area contributed by atoms with Gasteiger partial charge >= 0.3 is 0 Å². The minimum Gasteiger partial charge on any atom is -0.494 e. The van der Waals surface area contributed by atoms with E-state index in [0.29, 0.717) is 13.0 Å². The first-order valence-electron chi connectivity index (χ1n) is 7.75. The predicted octanol–water partition coefficient (Wildman–Crippen LogP) is 3.68. The van der Waals surface area contributed by atoms with Crippen LogP contribution in [0.2, 0.25) is 0 Å². The van der Waals surface area contributed by atoms with Gasteiger partial charge in [-0.15, -0.1) is 0 Å². The van der Waals surface area contributed by atoms with Gasteiger partial charge in [0.25, 0.3) is 0 Å². The van der Waals surface area contributed by atoms with E-state index in [9.17, 15) is 4.79 Å². The smallest absolute Gasteiger partial charge is 0.240 e. The zero-order chi connectivity index (χ0) is 16.4. The molecule has 2 heterocycles. The molecule has 0 radical (unpaired) electrons. The van der Waals surface area contributed by atoms with Crippen molar-refractivity contribution < 1.29 is 13.9 Å². The van der Waals surface area contributed by atoms with E-state index >= 15 is 0 Å². The summed E-state index contributed by atoms with van der Waals surface area (Å²) in [6, 6.07) is 11.5. The van der Waals surface area contributed by atoms with E-state index in [1.807, 2.05) is 50.2 Å². The maximum absolute atomic E-state index is 11.9. The maximum atomic E-state index is 11.9. The molecule has 3 rings (SSSR count). The molecule has 120 valence electrons. The third-order valence-corrected chi connectivity index (χ3v) is 3.83. The normalized spacial score (nSPS) is 17.3. The van der Waals surface area contributed by atoms with Gasteiger partial charge in [-0.1, -0.05) is 12.1 Å². The highest BCUT2D eigenvalue weighted by Gasteiger charge is 2.32. The van der Waals surface area contributed by atoms with E-state index < -0.39 is 0 Å². The first-order valence-corrected chi connectivity index (χ1v) is 7.75. The Bertz CT molecular complexity index is 731. The Hall–Kier alpha value is -2.56. The van der Waals surface area contributed by atoms with Crippen molar-refractivity contribution in [2.45, 2.75) is 33.2 Å². The summed E-state index contributed by atoms with van der Waals surface area (Å²) in [5.74, 6) is 2.30. The molecule has 23 heavy (non-hydrogen) atoms. The molecule has 1 unspecified atom stereocenters. The van der Waals surface area contributed by atoms with Crippen molar-refractivity contribution in [1.29, 1.82) is 0 Å². The SMILES string of the molecule is CCOc1ccc(C2CC(c3ccc(C)o3)=NN2C(C)=O)cc1. The van der Waals surface area contributed by atoms with Crippen molar-refractivity contribution in [3.63, 3.8) is 0 Å². The zero-order valence-electron chi connectivity index (χ0n) is 13.6. The summed E-state index contributed by atoms with van der Waals surface area (Å²) >= 11 is 0. The molecule has 5 nitrogen and oxygen atoms in total. The molecular weight excluding hydrogens is 292 g/mol. The molecule has 0 fully saturated rings. The second kappa shape index (κ2) is 6.28. The molecule has 0 aliphatic carbocycles. The van der Waals surface area contributed by atoms with Gasteiger partial charge in [0.05, 0.1) is 12.6 Å². The van der Waals surface area contributed by atoms with E-state index in [2.05, 4.69) is 5.10 Å². The van der Waals surface area contributed by atoms with Crippen molar-refractivity contribution in [1.82, 2.24) is 5.01 Å². The highest BCUT2D eigenvalue weighted by molar-refractivity contribution is 6.01. The Kier molecular flexibility index (Phi) is 4.19.